The molecular formula is C21H25N3O2. The van der Waals surface area contributed by atoms with E-state index >= 15 is 0 Å². The number of nitrogens with one attached hydrogen (secondary N) is 3. The van der Waals surface area contributed by atoms with Crippen molar-refractivity contribution in [3.8, 4) is 0 Å². The van der Waals surface area contributed by atoms with Crippen LogP contribution in [0.4, 0.5) is 0 Å². The fourth-order valence-electron chi connectivity index (χ4n) is 3.35. The Morgan fingerprint density at radius 3 is 2.77 bits per heavy atom. The monoisotopic (exact) mass is 351 g/mol. The second kappa shape index (κ2) is 8.06. The summed E-state index contributed by atoms with van der Waals surface area (Å²) >= 11 is 0. The van der Waals surface area contributed by atoms with Gasteiger partial charge in [0.25, 0.3) is 5.91 Å². The molecule has 0 fully saturated rings. The average molecular weight is 351 g/mol. The third-order valence-corrected chi connectivity index (χ3v) is 4.87. The van der Waals surface area contributed by atoms with Crippen molar-refractivity contribution >= 4 is 5.91 Å². The van der Waals surface area contributed by atoms with E-state index in [2.05, 4.69) is 54.2 Å². The van der Waals surface area contributed by atoms with Crippen molar-refractivity contribution < 1.29 is 9.63 Å². The van der Waals surface area contributed by atoms with Crippen molar-refractivity contribution in [2.75, 3.05) is 13.8 Å². The van der Waals surface area contributed by atoms with Crippen LogP contribution in [0.1, 0.15) is 38.5 Å². The van der Waals surface area contributed by atoms with Gasteiger partial charge in [0.1, 0.15) is 0 Å². The highest BCUT2D eigenvalue weighted by molar-refractivity contribution is 5.93. The maximum absolute atomic E-state index is 12.0. The van der Waals surface area contributed by atoms with Gasteiger partial charge in [0.15, 0.2) is 0 Å². The number of rotatable bonds is 6. The maximum atomic E-state index is 12.0. The Kier molecular flexibility index (Phi) is 5.58. The number of benzene rings is 2. The molecule has 3 N–H and O–H groups in total. The van der Waals surface area contributed by atoms with Gasteiger partial charge in [-0.3, -0.25) is 9.63 Å². The highest BCUT2D eigenvalue weighted by Crippen LogP contribution is 2.31. The lowest BCUT2D eigenvalue weighted by atomic mass is 9.85. The first-order chi connectivity index (χ1) is 12.6. The summed E-state index contributed by atoms with van der Waals surface area (Å²) in [7, 11) is 1.43. The van der Waals surface area contributed by atoms with Gasteiger partial charge in [0, 0.05) is 23.4 Å². The summed E-state index contributed by atoms with van der Waals surface area (Å²) < 4.78 is 0. The number of hydrogen-bond donors (Lipinski definition) is 3. The molecule has 1 atom stereocenters. The molecule has 0 radical (unpaired) electrons. The molecule has 2 aromatic carbocycles. The van der Waals surface area contributed by atoms with Gasteiger partial charge in [-0.1, -0.05) is 30.3 Å². The quantitative estimate of drug-likeness (QED) is 0.701. The van der Waals surface area contributed by atoms with Crippen LogP contribution in [0.25, 0.3) is 0 Å². The number of carbonyl (C=O) groups excluding carboxylic acids is 1. The Labute approximate surface area is 154 Å². The second-order valence-electron chi connectivity index (χ2n) is 6.54. The van der Waals surface area contributed by atoms with E-state index in [1.165, 1.54) is 29.5 Å². The molecule has 0 saturated heterocycles. The van der Waals surface area contributed by atoms with E-state index < -0.39 is 0 Å². The first-order valence-electron chi connectivity index (χ1n) is 8.76. The lowest BCUT2D eigenvalue weighted by Gasteiger charge is -2.22. The van der Waals surface area contributed by atoms with Crippen molar-refractivity contribution in [3.05, 3.63) is 82.2 Å². The summed E-state index contributed by atoms with van der Waals surface area (Å²) in [5.41, 5.74) is 9.14. The molecule has 1 aliphatic rings. The number of carbonyl (C=O) groups is 1. The number of hydroxylamine groups is 1. The van der Waals surface area contributed by atoms with Crippen LogP contribution in [0.15, 0.2) is 54.4 Å². The highest BCUT2D eigenvalue weighted by Gasteiger charge is 2.22. The summed E-state index contributed by atoms with van der Waals surface area (Å²) in [5.74, 6) is -0.0388. The molecule has 0 saturated carbocycles. The molecule has 5 nitrogen and oxygen atoms in total. The summed E-state index contributed by atoms with van der Waals surface area (Å²) in [6.07, 6.45) is 2.85. The van der Waals surface area contributed by atoms with E-state index in [1.807, 2.05) is 18.3 Å². The van der Waals surface area contributed by atoms with E-state index in [0.29, 0.717) is 5.56 Å². The Morgan fingerprint density at radius 2 is 2.04 bits per heavy atom. The van der Waals surface area contributed by atoms with Crippen LogP contribution < -0.4 is 16.1 Å². The number of amides is 1. The molecule has 26 heavy (non-hydrogen) atoms. The zero-order valence-corrected chi connectivity index (χ0v) is 15.4. The van der Waals surface area contributed by atoms with Crippen LogP contribution in [-0.2, 0) is 11.3 Å². The van der Waals surface area contributed by atoms with Gasteiger partial charge >= 0.3 is 0 Å². The molecule has 0 aromatic heterocycles. The summed E-state index contributed by atoms with van der Waals surface area (Å²) in [5, 5.41) is 6.67. The van der Waals surface area contributed by atoms with Crippen LogP contribution in [0, 0.1) is 13.8 Å². The Hall–Kier alpha value is -2.79. The summed E-state index contributed by atoms with van der Waals surface area (Å²) in [6, 6.07) is 14.1. The molecular weight excluding hydrogens is 326 g/mol. The molecule has 1 unspecified atom stereocenters. The minimum atomic E-state index is -0.238. The highest BCUT2D eigenvalue weighted by atomic mass is 16.6. The van der Waals surface area contributed by atoms with Crippen LogP contribution in [-0.4, -0.2) is 19.7 Å². The minimum Gasteiger partial charge on any atom is -0.372 e. The summed E-state index contributed by atoms with van der Waals surface area (Å²) in [4.78, 5) is 16.8. The maximum Gasteiger partial charge on any atom is 0.274 e. The van der Waals surface area contributed by atoms with Crippen molar-refractivity contribution in [2.45, 2.75) is 26.2 Å². The lowest BCUT2D eigenvalue weighted by molar-refractivity contribution is 0.0537. The van der Waals surface area contributed by atoms with Crippen molar-refractivity contribution in [2.24, 2.45) is 0 Å². The average Bonchev–Trinajstić information content (AvgIpc) is 3.17. The van der Waals surface area contributed by atoms with Crippen LogP contribution >= 0.6 is 0 Å². The van der Waals surface area contributed by atoms with E-state index in [9.17, 15) is 4.79 Å². The zero-order chi connectivity index (χ0) is 18.5. The van der Waals surface area contributed by atoms with Gasteiger partial charge in [-0.15, -0.1) is 0 Å². The Bertz CT molecular complexity index is 830. The van der Waals surface area contributed by atoms with E-state index in [1.54, 1.807) is 6.07 Å². The Morgan fingerprint density at radius 1 is 1.23 bits per heavy atom. The molecule has 0 bridgehead atoms. The molecule has 1 aliphatic heterocycles. The third kappa shape index (κ3) is 3.89. The number of allylic oxidation sites excluding steroid dienone is 1. The lowest BCUT2D eigenvalue weighted by Crippen LogP contribution is -2.22. The standard InChI is InChI=1S/C21H25N3O2/c1-14-6-4-9-18(15(14)2)19(20-12-22-13-23-20)11-16-7-5-8-17(10-16)21(25)24-26-3/h4-10,12,19,22-23H,11,13H2,1-3H3,(H,24,25). The predicted molar refractivity (Wildman–Crippen MR) is 102 cm³/mol. The van der Waals surface area contributed by atoms with Crippen LogP contribution in [0.3, 0.4) is 0 Å². The molecule has 3 rings (SSSR count). The molecule has 1 amide bonds. The fraction of sp³-hybridized carbons (Fsp3) is 0.286. The SMILES string of the molecule is CONC(=O)c1cccc(CC(C2=CNCN2)c2cccc(C)c2C)c1. The van der Waals surface area contributed by atoms with E-state index in [0.717, 1.165) is 18.7 Å². The van der Waals surface area contributed by atoms with Crippen molar-refractivity contribution in [1.29, 1.82) is 0 Å². The first kappa shape index (κ1) is 18.0. The van der Waals surface area contributed by atoms with Gasteiger partial charge in [-0.2, -0.15) is 0 Å². The summed E-state index contributed by atoms with van der Waals surface area (Å²) in [6.45, 7) is 5.05. The van der Waals surface area contributed by atoms with E-state index in [4.69, 9.17) is 4.84 Å². The molecule has 0 spiro atoms. The number of hydrogen-bond acceptors (Lipinski definition) is 4. The smallest absolute Gasteiger partial charge is 0.274 e. The van der Waals surface area contributed by atoms with Crippen LogP contribution in [0.5, 0.6) is 0 Å². The van der Waals surface area contributed by atoms with Gasteiger partial charge in [0.2, 0.25) is 0 Å². The molecule has 5 heteroatoms. The third-order valence-electron chi connectivity index (χ3n) is 4.87. The van der Waals surface area contributed by atoms with Crippen molar-refractivity contribution in [3.63, 3.8) is 0 Å². The van der Waals surface area contributed by atoms with Gasteiger partial charge in [-0.05, 0) is 54.7 Å². The normalized spacial score (nSPS) is 14.2. The molecule has 136 valence electrons. The zero-order valence-electron chi connectivity index (χ0n) is 15.4. The molecule has 1 heterocycles. The predicted octanol–water partition coefficient (Wildman–Crippen LogP) is 2.91. The largest absolute Gasteiger partial charge is 0.372 e. The fourth-order valence-corrected chi connectivity index (χ4v) is 3.35. The topological polar surface area (TPSA) is 62.4 Å². The van der Waals surface area contributed by atoms with Crippen LogP contribution in [0.2, 0.25) is 0 Å². The van der Waals surface area contributed by atoms with Gasteiger partial charge in [0.05, 0.1) is 13.8 Å². The Balaban J connectivity index is 1.93. The van der Waals surface area contributed by atoms with Gasteiger partial charge < -0.3 is 10.6 Å². The van der Waals surface area contributed by atoms with E-state index in [-0.39, 0.29) is 11.8 Å². The van der Waals surface area contributed by atoms with Crippen molar-refractivity contribution in [1.82, 2.24) is 16.1 Å². The minimum absolute atomic E-state index is 0.200. The molecule has 0 aliphatic carbocycles. The second-order valence-corrected chi connectivity index (χ2v) is 6.54. The number of aryl methyl sites for hydroxylation is 1. The molecule has 2 aromatic rings. The first-order valence-corrected chi connectivity index (χ1v) is 8.76. The van der Waals surface area contributed by atoms with Gasteiger partial charge in [-0.25, -0.2) is 5.48 Å².